The summed E-state index contributed by atoms with van der Waals surface area (Å²) in [6.07, 6.45) is 4.57. The minimum absolute atomic E-state index is 0.0112. The van der Waals surface area contributed by atoms with Crippen molar-refractivity contribution < 1.29 is 4.79 Å². The van der Waals surface area contributed by atoms with Gasteiger partial charge in [-0.25, -0.2) is 4.98 Å². The zero-order valence-electron chi connectivity index (χ0n) is 14.5. The van der Waals surface area contributed by atoms with Crippen molar-refractivity contribution in [1.29, 1.82) is 0 Å². The maximum Gasteiger partial charge on any atom is 0.224 e. The van der Waals surface area contributed by atoms with E-state index in [9.17, 15) is 4.79 Å². The van der Waals surface area contributed by atoms with Crippen LogP contribution in [0, 0.1) is 12.8 Å². The minimum Gasteiger partial charge on any atom is -0.352 e. The fourth-order valence-corrected chi connectivity index (χ4v) is 3.72. The van der Waals surface area contributed by atoms with E-state index in [1.54, 1.807) is 6.20 Å². The number of amides is 1. The number of para-hydroxylation sites is 1. The molecule has 1 N–H and O–H groups in total. The molecule has 1 saturated carbocycles. The number of carbonyl (C=O) groups is 1. The highest BCUT2D eigenvalue weighted by Crippen LogP contribution is 2.49. The number of carbonyl (C=O) groups excluding carboxylic acids is 1. The van der Waals surface area contributed by atoms with E-state index in [1.807, 2.05) is 66.2 Å². The van der Waals surface area contributed by atoms with Crippen molar-refractivity contribution in [3.8, 4) is 5.69 Å². The van der Waals surface area contributed by atoms with Gasteiger partial charge in [0.15, 0.2) is 0 Å². The Morgan fingerprint density at radius 2 is 2.00 bits per heavy atom. The summed E-state index contributed by atoms with van der Waals surface area (Å²) < 4.78 is 2.03. The third-order valence-electron chi connectivity index (χ3n) is 4.96. The first-order valence-corrected chi connectivity index (χ1v) is 9.13. The average Bonchev–Trinajstić information content (AvgIpc) is 3.34. The van der Waals surface area contributed by atoms with Crippen LogP contribution in [-0.4, -0.2) is 15.5 Å². The standard InChI is InChI=1S/C21H20ClN3O/c1-14-23-10-11-25(14)20-9-5-2-6-15(20)13-24-21(26)18-12-17(18)16-7-3-4-8-19(16)22/h2-11,17-18H,12-13H2,1H3,(H,24,26)/t17-,18+/m1/s1. The molecule has 1 aliphatic rings. The van der Waals surface area contributed by atoms with E-state index in [0.717, 1.165) is 34.1 Å². The number of nitrogens with one attached hydrogen (secondary N) is 1. The number of halogens is 1. The second-order valence-electron chi connectivity index (χ2n) is 6.66. The van der Waals surface area contributed by atoms with Crippen molar-refractivity contribution in [1.82, 2.24) is 14.9 Å². The lowest BCUT2D eigenvalue weighted by Crippen LogP contribution is -2.25. The number of imidazole rings is 1. The summed E-state index contributed by atoms with van der Waals surface area (Å²) >= 11 is 6.25. The van der Waals surface area contributed by atoms with Gasteiger partial charge < -0.3 is 9.88 Å². The van der Waals surface area contributed by atoms with E-state index in [4.69, 9.17) is 11.6 Å². The van der Waals surface area contributed by atoms with Gasteiger partial charge in [0, 0.05) is 29.9 Å². The predicted octanol–water partition coefficient (Wildman–Crippen LogP) is 4.25. The third kappa shape index (κ3) is 3.25. The highest BCUT2D eigenvalue weighted by atomic mass is 35.5. The first kappa shape index (κ1) is 16.9. The molecule has 0 aliphatic heterocycles. The molecule has 1 heterocycles. The van der Waals surface area contributed by atoms with Gasteiger partial charge in [0.2, 0.25) is 5.91 Å². The topological polar surface area (TPSA) is 46.9 Å². The molecule has 0 bridgehead atoms. The lowest BCUT2D eigenvalue weighted by atomic mass is 10.1. The number of nitrogens with zero attached hydrogens (tertiary/aromatic N) is 2. The Morgan fingerprint density at radius 1 is 1.23 bits per heavy atom. The van der Waals surface area contributed by atoms with E-state index in [1.165, 1.54) is 0 Å². The van der Waals surface area contributed by atoms with Crippen molar-refractivity contribution in [2.75, 3.05) is 0 Å². The number of aryl methyl sites for hydroxylation is 1. The molecule has 5 heteroatoms. The summed E-state index contributed by atoms with van der Waals surface area (Å²) in [4.78, 5) is 16.8. The molecule has 4 rings (SSSR count). The van der Waals surface area contributed by atoms with Crippen LogP contribution < -0.4 is 5.32 Å². The fourth-order valence-electron chi connectivity index (χ4n) is 3.45. The zero-order chi connectivity index (χ0) is 18.1. The van der Waals surface area contributed by atoms with E-state index < -0.39 is 0 Å². The maximum absolute atomic E-state index is 12.6. The third-order valence-corrected chi connectivity index (χ3v) is 5.31. The molecule has 0 radical (unpaired) electrons. The molecule has 0 spiro atoms. The molecule has 132 valence electrons. The van der Waals surface area contributed by atoms with Crippen LogP contribution in [0.1, 0.15) is 29.3 Å². The molecule has 2 atom stereocenters. The quantitative estimate of drug-likeness (QED) is 0.734. The van der Waals surface area contributed by atoms with Gasteiger partial charge in [-0.05, 0) is 42.5 Å². The van der Waals surface area contributed by atoms with Crippen molar-refractivity contribution in [3.63, 3.8) is 0 Å². The average molecular weight is 366 g/mol. The van der Waals surface area contributed by atoms with Crippen LogP contribution >= 0.6 is 11.6 Å². The van der Waals surface area contributed by atoms with Crippen LogP contribution in [0.15, 0.2) is 60.9 Å². The van der Waals surface area contributed by atoms with E-state index in [-0.39, 0.29) is 17.7 Å². The van der Waals surface area contributed by atoms with Crippen LogP contribution in [0.5, 0.6) is 0 Å². The molecule has 0 saturated heterocycles. The molecule has 3 aromatic rings. The molecule has 0 unspecified atom stereocenters. The van der Waals surface area contributed by atoms with E-state index in [2.05, 4.69) is 10.3 Å². The molecule has 1 aliphatic carbocycles. The molecule has 4 nitrogen and oxygen atoms in total. The van der Waals surface area contributed by atoms with Gasteiger partial charge in [0.05, 0.1) is 5.69 Å². The lowest BCUT2D eigenvalue weighted by Gasteiger charge is -2.13. The van der Waals surface area contributed by atoms with Gasteiger partial charge in [-0.1, -0.05) is 48.0 Å². The Labute approximate surface area is 157 Å². The summed E-state index contributed by atoms with van der Waals surface area (Å²) in [7, 11) is 0. The van der Waals surface area contributed by atoms with Gasteiger partial charge in [0.25, 0.3) is 0 Å². The van der Waals surface area contributed by atoms with Crippen LogP contribution in [0.3, 0.4) is 0 Å². The van der Waals surface area contributed by atoms with Crippen molar-refractivity contribution in [2.45, 2.75) is 25.8 Å². The Kier molecular flexibility index (Phi) is 4.51. The van der Waals surface area contributed by atoms with E-state index in [0.29, 0.717) is 6.54 Å². The number of hydrogen-bond acceptors (Lipinski definition) is 2. The van der Waals surface area contributed by atoms with Gasteiger partial charge >= 0.3 is 0 Å². The van der Waals surface area contributed by atoms with Gasteiger partial charge in [-0.3, -0.25) is 4.79 Å². The SMILES string of the molecule is Cc1nccn1-c1ccccc1CNC(=O)[C@H]1C[C@@H]1c1ccccc1Cl. The fraction of sp³-hybridized carbons (Fsp3) is 0.238. The largest absolute Gasteiger partial charge is 0.352 e. The molecular weight excluding hydrogens is 346 g/mol. The summed E-state index contributed by atoms with van der Waals surface area (Å²) in [5, 5.41) is 3.83. The molecule has 1 amide bonds. The van der Waals surface area contributed by atoms with E-state index >= 15 is 0 Å². The number of benzene rings is 2. The second kappa shape index (κ2) is 6.96. The van der Waals surface area contributed by atoms with Crippen molar-refractivity contribution >= 4 is 17.5 Å². The van der Waals surface area contributed by atoms with Crippen LogP contribution in [-0.2, 0) is 11.3 Å². The number of aromatic nitrogens is 2. The molecule has 1 aromatic heterocycles. The lowest BCUT2D eigenvalue weighted by molar-refractivity contribution is -0.122. The van der Waals surface area contributed by atoms with Crippen LogP contribution in [0.4, 0.5) is 0 Å². The first-order chi connectivity index (χ1) is 12.6. The molecular formula is C21H20ClN3O. The molecule has 26 heavy (non-hydrogen) atoms. The zero-order valence-corrected chi connectivity index (χ0v) is 15.3. The predicted molar refractivity (Wildman–Crippen MR) is 102 cm³/mol. The second-order valence-corrected chi connectivity index (χ2v) is 7.07. The highest BCUT2D eigenvalue weighted by Gasteiger charge is 2.44. The maximum atomic E-state index is 12.6. The first-order valence-electron chi connectivity index (χ1n) is 8.75. The number of hydrogen-bond donors (Lipinski definition) is 1. The summed E-state index contributed by atoms with van der Waals surface area (Å²) in [5.74, 6) is 1.25. The van der Waals surface area contributed by atoms with Gasteiger partial charge in [0.1, 0.15) is 5.82 Å². The van der Waals surface area contributed by atoms with Crippen LogP contribution in [0.25, 0.3) is 5.69 Å². The van der Waals surface area contributed by atoms with Gasteiger partial charge in [-0.2, -0.15) is 0 Å². The number of rotatable bonds is 5. The summed E-state index contributed by atoms with van der Waals surface area (Å²) in [6, 6.07) is 15.8. The Balaban J connectivity index is 1.44. The normalized spacial score (nSPS) is 18.5. The molecule has 1 fully saturated rings. The summed E-state index contributed by atoms with van der Waals surface area (Å²) in [6.45, 7) is 2.46. The monoisotopic (exact) mass is 365 g/mol. The van der Waals surface area contributed by atoms with Gasteiger partial charge in [-0.15, -0.1) is 0 Å². The van der Waals surface area contributed by atoms with Crippen molar-refractivity contribution in [2.24, 2.45) is 5.92 Å². The smallest absolute Gasteiger partial charge is 0.224 e. The summed E-state index contributed by atoms with van der Waals surface area (Å²) in [5.41, 5.74) is 3.18. The van der Waals surface area contributed by atoms with Crippen molar-refractivity contribution in [3.05, 3.63) is 82.9 Å². The Hall–Kier alpha value is -2.59. The Bertz CT molecular complexity index is 950. The Morgan fingerprint density at radius 3 is 2.77 bits per heavy atom. The molecule has 2 aromatic carbocycles. The van der Waals surface area contributed by atoms with Crippen LogP contribution in [0.2, 0.25) is 5.02 Å². The highest BCUT2D eigenvalue weighted by molar-refractivity contribution is 6.31. The minimum atomic E-state index is 0.0112.